The second-order valence-electron chi connectivity index (χ2n) is 5.88. The molecule has 0 fully saturated rings. The average molecular weight is 311 g/mol. The van der Waals surface area contributed by atoms with Crippen LogP contribution in [0.5, 0.6) is 5.75 Å². The molecular weight excluding hydrogens is 289 g/mol. The van der Waals surface area contributed by atoms with Gasteiger partial charge in [0.1, 0.15) is 11.6 Å². The molecule has 0 radical (unpaired) electrons. The molecular formula is C20H22FNO. The van der Waals surface area contributed by atoms with Crippen LogP contribution in [0, 0.1) is 37.9 Å². The van der Waals surface area contributed by atoms with Gasteiger partial charge in [-0.2, -0.15) is 5.26 Å². The molecule has 0 aliphatic carbocycles. The molecule has 0 amide bonds. The second-order valence-corrected chi connectivity index (χ2v) is 5.88. The van der Waals surface area contributed by atoms with Crippen molar-refractivity contribution in [2.24, 2.45) is 0 Å². The number of ether oxygens (including phenoxy) is 1. The largest absolute Gasteiger partial charge is 0.493 e. The Balaban J connectivity index is 1.91. The van der Waals surface area contributed by atoms with Gasteiger partial charge in [0.25, 0.3) is 0 Å². The molecule has 0 aliphatic heterocycles. The number of nitrogens with zero attached hydrogens (tertiary/aromatic N) is 1. The maximum absolute atomic E-state index is 13.0. The molecule has 0 spiro atoms. The number of rotatable bonds is 6. The van der Waals surface area contributed by atoms with Crippen LogP contribution in [0.3, 0.4) is 0 Å². The Morgan fingerprint density at radius 1 is 1.04 bits per heavy atom. The molecule has 2 aromatic carbocycles. The molecule has 3 heteroatoms. The predicted octanol–water partition coefficient (Wildman–Crippen LogP) is 5.22. The van der Waals surface area contributed by atoms with E-state index in [0.717, 1.165) is 23.3 Å². The molecule has 2 rings (SSSR count). The number of aryl methyl sites for hydroxylation is 2. The summed E-state index contributed by atoms with van der Waals surface area (Å²) in [6.07, 6.45) is 1.48. The van der Waals surface area contributed by atoms with E-state index in [-0.39, 0.29) is 11.7 Å². The summed E-state index contributed by atoms with van der Waals surface area (Å²) < 4.78 is 18.9. The summed E-state index contributed by atoms with van der Waals surface area (Å²) in [4.78, 5) is 0. The van der Waals surface area contributed by atoms with Crippen molar-refractivity contribution in [2.45, 2.75) is 39.5 Å². The van der Waals surface area contributed by atoms with Crippen molar-refractivity contribution < 1.29 is 9.13 Å². The number of hydrogen-bond acceptors (Lipinski definition) is 2. The van der Waals surface area contributed by atoms with Crippen LogP contribution in [0.2, 0.25) is 0 Å². The highest BCUT2D eigenvalue weighted by Crippen LogP contribution is 2.26. The summed E-state index contributed by atoms with van der Waals surface area (Å²) in [7, 11) is 0. The minimum atomic E-state index is -0.279. The maximum atomic E-state index is 13.0. The van der Waals surface area contributed by atoms with Crippen molar-refractivity contribution >= 4 is 0 Å². The van der Waals surface area contributed by atoms with Gasteiger partial charge in [-0.25, -0.2) is 4.39 Å². The zero-order chi connectivity index (χ0) is 16.8. The Morgan fingerprint density at radius 2 is 1.70 bits per heavy atom. The summed E-state index contributed by atoms with van der Waals surface area (Å²) in [6, 6.07) is 12.6. The van der Waals surface area contributed by atoms with Crippen LogP contribution in [0.1, 0.15) is 41.0 Å². The van der Waals surface area contributed by atoms with Crippen LogP contribution >= 0.6 is 0 Å². The number of hydrogen-bond donors (Lipinski definition) is 0. The molecule has 0 N–H and O–H groups in total. The summed E-state index contributed by atoms with van der Waals surface area (Å²) in [5.74, 6) is 0.443. The second kappa shape index (κ2) is 7.78. The van der Waals surface area contributed by atoms with E-state index < -0.39 is 0 Å². The van der Waals surface area contributed by atoms with E-state index in [0.29, 0.717) is 13.0 Å². The van der Waals surface area contributed by atoms with Crippen molar-refractivity contribution in [1.82, 2.24) is 0 Å². The van der Waals surface area contributed by atoms with E-state index in [1.807, 2.05) is 6.92 Å². The van der Waals surface area contributed by atoms with Gasteiger partial charge < -0.3 is 4.74 Å². The van der Waals surface area contributed by atoms with Crippen LogP contribution in [-0.2, 0) is 0 Å². The molecule has 120 valence electrons. The molecule has 1 atom stereocenters. The monoisotopic (exact) mass is 311 g/mol. The van der Waals surface area contributed by atoms with Gasteiger partial charge in [-0.15, -0.1) is 0 Å². The highest BCUT2D eigenvalue weighted by atomic mass is 19.1. The summed E-state index contributed by atoms with van der Waals surface area (Å²) in [6.45, 7) is 6.75. The summed E-state index contributed by atoms with van der Waals surface area (Å²) in [5.41, 5.74) is 4.37. The Hall–Kier alpha value is -2.34. The standard InChI is InChI=1S/C20H22FNO/c1-14-6-7-15(2)20(16(14)3)23-12-4-5-18(13-22)17-8-10-19(21)11-9-17/h6-11,18H,4-5,12H2,1-3H3. The molecule has 1 unspecified atom stereocenters. The van der Waals surface area contributed by atoms with Crippen LogP contribution in [-0.4, -0.2) is 6.61 Å². The highest BCUT2D eigenvalue weighted by Gasteiger charge is 2.11. The molecule has 0 aliphatic rings. The Bertz CT molecular complexity index is 701. The third-order valence-corrected chi connectivity index (χ3v) is 4.19. The van der Waals surface area contributed by atoms with Crippen molar-refractivity contribution in [3.05, 3.63) is 64.5 Å². The Labute approximate surface area is 137 Å². The number of nitriles is 1. The van der Waals surface area contributed by atoms with Crippen LogP contribution < -0.4 is 4.74 Å². The van der Waals surface area contributed by atoms with E-state index in [1.165, 1.54) is 23.3 Å². The maximum Gasteiger partial charge on any atom is 0.125 e. The fourth-order valence-electron chi connectivity index (χ4n) is 2.61. The lowest BCUT2D eigenvalue weighted by Crippen LogP contribution is -2.04. The van der Waals surface area contributed by atoms with Gasteiger partial charge in [0, 0.05) is 0 Å². The summed E-state index contributed by atoms with van der Waals surface area (Å²) in [5, 5.41) is 9.31. The van der Waals surface area contributed by atoms with Crippen LogP contribution in [0.15, 0.2) is 36.4 Å². The van der Waals surface area contributed by atoms with Gasteiger partial charge in [0.2, 0.25) is 0 Å². The van der Waals surface area contributed by atoms with Crippen molar-refractivity contribution in [2.75, 3.05) is 6.61 Å². The van der Waals surface area contributed by atoms with Crippen LogP contribution in [0.25, 0.3) is 0 Å². The van der Waals surface area contributed by atoms with Crippen molar-refractivity contribution in [3.63, 3.8) is 0 Å². The zero-order valence-corrected chi connectivity index (χ0v) is 13.9. The van der Waals surface area contributed by atoms with Crippen molar-refractivity contribution in [1.29, 1.82) is 5.26 Å². The first-order valence-corrected chi connectivity index (χ1v) is 7.87. The number of halogens is 1. The fraction of sp³-hybridized carbons (Fsp3) is 0.350. The average Bonchev–Trinajstić information content (AvgIpc) is 2.55. The molecule has 0 saturated heterocycles. The van der Waals surface area contributed by atoms with E-state index in [2.05, 4.69) is 32.0 Å². The predicted molar refractivity (Wildman–Crippen MR) is 90.1 cm³/mol. The molecule has 0 heterocycles. The Kier molecular flexibility index (Phi) is 5.76. The van der Waals surface area contributed by atoms with E-state index >= 15 is 0 Å². The first kappa shape index (κ1) is 17.0. The zero-order valence-electron chi connectivity index (χ0n) is 13.9. The normalized spacial score (nSPS) is 11.8. The molecule has 23 heavy (non-hydrogen) atoms. The van der Waals surface area contributed by atoms with E-state index in [9.17, 15) is 9.65 Å². The lowest BCUT2D eigenvalue weighted by molar-refractivity contribution is 0.301. The molecule has 0 aromatic heterocycles. The van der Waals surface area contributed by atoms with Gasteiger partial charge >= 0.3 is 0 Å². The smallest absolute Gasteiger partial charge is 0.125 e. The molecule has 0 bridgehead atoms. The van der Waals surface area contributed by atoms with E-state index in [1.54, 1.807) is 12.1 Å². The molecule has 0 saturated carbocycles. The SMILES string of the molecule is Cc1ccc(C)c(OCCCC(C#N)c2ccc(F)cc2)c1C. The minimum absolute atomic E-state index is 0.223. The van der Waals surface area contributed by atoms with Gasteiger partial charge in [-0.3, -0.25) is 0 Å². The topological polar surface area (TPSA) is 33.0 Å². The summed E-state index contributed by atoms with van der Waals surface area (Å²) >= 11 is 0. The molecule has 2 nitrogen and oxygen atoms in total. The van der Waals surface area contributed by atoms with E-state index in [4.69, 9.17) is 4.74 Å². The first-order chi connectivity index (χ1) is 11.0. The van der Waals surface area contributed by atoms with Gasteiger partial charge in [-0.05, 0) is 68.0 Å². The quantitative estimate of drug-likeness (QED) is 0.685. The van der Waals surface area contributed by atoms with Gasteiger partial charge in [0.15, 0.2) is 0 Å². The molecule has 2 aromatic rings. The Morgan fingerprint density at radius 3 is 2.35 bits per heavy atom. The minimum Gasteiger partial charge on any atom is -0.493 e. The third kappa shape index (κ3) is 4.32. The lowest BCUT2D eigenvalue weighted by atomic mass is 9.96. The van der Waals surface area contributed by atoms with Gasteiger partial charge in [-0.1, -0.05) is 24.3 Å². The van der Waals surface area contributed by atoms with Crippen LogP contribution in [0.4, 0.5) is 4.39 Å². The number of benzene rings is 2. The lowest BCUT2D eigenvalue weighted by Gasteiger charge is -2.15. The van der Waals surface area contributed by atoms with Crippen molar-refractivity contribution in [3.8, 4) is 11.8 Å². The first-order valence-electron chi connectivity index (χ1n) is 7.87. The highest BCUT2D eigenvalue weighted by molar-refractivity contribution is 5.44. The fourth-order valence-corrected chi connectivity index (χ4v) is 2.61. The third-order valence-electron chi connectivity index (χ3n) is 4.19. The van der Waals surface area contributed by atoms with Gasteiger partial charge in [0.05, 0.1) is 18.6 Å².